The second kappa shape index (κ2) is 4.37. The summed E-state index contributed by atoms with van der Waals surface area (Å²) in [5.41, 5.74) is 3.10. The predicted molar refractivity (Wildman–Crippen MR) is 66.0 cm³/mol. The van der Waals surface area contributed by atoms with Crippen molar-refractivity contribution in [2.24, 2.45) is 0 Å². The molecule has 1 aromatic carbocycles. The van der Waals surface area contributed by atoms with Crippen LogP contribution >= 0.6 is 27.5 Å². The monoisotopic (exact) mass is 284 g/mol. The molecule has 0 fully saturated rings. The van der Waals surface area contributed by atoms with Crippen molar-refractivity contribution in [1.29, 1.82) is 0 Å². The van der Waals surface area contributed by atoms with Gasteiger partial charge in [0.25, 0.3) is 0 Å². The highest BCUT2D eigenvalue weighted by Gasteiger charge is 2.08. The molecule has 0 aliphatic heterocycles. The van der Waals surface area contributed by atoms with Crippen LogP contribution in [0, 0.1) is 6.92 Å². The van der Waals surface area contributed by atoms with Crippen LogP contribution in [0.25, 0.3) is 11.3 Å². The Balaban J connectivity index is 2.48. The molecule has 0 saturated carbocycles. The largest absolute Gasteiger partial charge is 0.345 e. The maximum absolute atomic E-state index is 5.73. The molecule has 1 aromatic heterocycles. The number of aromatic nitrogens is 2. The first kappa shape index (κ1) is 10.7. The average Bonchev–Trinajstić information content (AvgIpc) is 2.60. The SMILES string of the molecule is Cc1[nH]c(CCl)nc1-c1cccc(Br)c1. The van der Waals surface area contributed by atoms with E-state index in [9.17, 15) is 0 Å². The maximum atomic E-state index is 5.73. The van der Waals surface area contributed by atoms with Gasteiger partial charge in [0, 0.05) is 15.7 Å². The predicted octanol–water partition coefficient (Wildman–Crippen LogP) is 3.89. The third-order valence-corrected chi connectivity index (χ3v) is 2.90. The molecule has 78 valence electrons. The van der Waals surface area contributed by atoms with Crippen molar-refractivity contribution in [2.45, 2.75) is 12.8 Å². The molecule has 2 nitrogen and oxygen atoms in total. The third kappa shape index (κ3) is 2.24. The molecule has 0 unspecified atom stereocenters. The summed E-state index contributed by atoms with van der Waals surface area (Å²) in [6.45, 7) is 2.00. The van der Waals surface area contributed by atoms with Crippen LogP contribution in [0.5, 0.6) is 0 Å². The average molecular weight is 286 g/mol. The first-order valence-corrected chi connectivity index (χ1v) is 5.91. The van der Waals surface area contributed by atoms with E-state index in [0.717, 1.165) is 27.2 Å². The summed E-state index contributed by atoms with van der Waals surface area (Å²) in [6.07, 6.45) is 0. The smallest absolute Gasteiger partial charge is 0.121 e. The molecule has 0 saturated heterocycles. The van der Waals surface area contributed by atoms with Crippen LogP contribution in [0.4, 0.5) is 0 Å². The zero-order valence-corrected chi connectivity index (χ0v) is 10.6. The summed E-state index contributed by atoms with van der Waals surface area (Å²) in [6, 6.07) is 8.06. The number of hydrogen-bond acceptors (Lipinski definition) is 1. The van der Waals surface area contributed by atoms with E-state index in [4.69, 9.17) is 11.6 Å². The van der Waals surface area contributed by atoms with Crippen molar-refractivity contribution in [3.8, 4) is 11.3 Å². The van der Waals surface area contributed by atoms with E-state index < -0.39 is 0 Å². The molecular weight excluding hydrogens is 275 g/mol. The van der Waals surface area contributed by atoms with Gasteiger partial charge >= 0.3 is 0 Å². The van der Waals surface area contributed by atoms with Crippen LogP contribution in [-0.4, -0.2) is 9.97 Å². The van der Waals surface area contributed by atoms with Gasteiger partial charge in [-0.3, -0.25) is 0 Å². The fraction of sp³-hybridized carbons (Fsp3) is 0.182. The number of nitrogens with one attached hydrogen (secondary N) is 1. The normalized spacial score (nSPS) is 10.6. The molecule has 2 aromatic rings. The van der Waals surface area contributed by atoms with Crippen LogP contribution in [-0.2, 0) is 5.88 Å². The fourth-order valence-electron chi connectivity index (χ4n) is 1.50. The van der Waals surface area contributed by atoms with E-state index in [1.165, 1.54) is 0 Å². The van der Waals surface area contributed by atoms with E-state index in [0.29, 0.717) is 5.88 Å². The minimum atomic E-state index is 0.412. The number of benzene rings is 1. The Morgan fingerprint density at radius 2 is 2.27 bits per heavy atom. The lowest BCUT2D eigenvalue weighted by molar-refractivity contribution is 1.10. The van der Waals surface area contributed by atoms with Crippen LogP contribution in [0.1, 0.15) is 11.5 Å². The minimum Gasteiger partial charge on any atom is -0.345 e. The lowest BCUT2D eigenvalue weighted by Crippen LogP contribution is -1.81. The molecular formula is C11H10BrClN2. The maximum Gasteiger partial charge on any atom is 0.121 e. The summed E-state index contributed by atoms with van der Waals surface area (Å²) in [7, 11) is 0. The topological polar surface area (TPSA) is 28.7 Å². The lowest BCUT2D eigenvalue weighted by atomic mass is 10.1. The van der Waals surface area contributed by atoms with E-state index in [2.05, 4.69) is 25.9 Å². The molecule has 0 aliphatic rings. The number of imidazole rings is 1. The van der Waals surface area contributed by atoms with Crippen LogP contribution in [0.15, 0.2) is 28.7 Å². The summed E-state index contributed by atoms with van der Waals surface area (Å²) in [4.78, 5) is 7.59. The van der Waals surface area contributed by atoms with Gasteiger partial charge in [0.15, 0.2) is 0 Å². The molecule has 0 aliphatic carbocycles. The Bertz CT molecular complexity index is 479. The zero-order chi connectivity index (χ0) is 10.8. The second-order valence-corrected chi connectivity index (χ2v) is 4.48. The third-order valence-electron chi connectivity index (χ3n) is 2.16. The van der Waals surface area contributed by atoms with Crippen molar-refractivity contribution < 1.29 is 0 Å². The van der Waals surface area contributed by atoms with E-state index >= 15 is 0 Å². The number of H-pyrrole nitrogens is 1. The fourth-order valence-corrected chi connectivity index (χ4v) is 2.03. The number of nitrogens with zero attached hydrogens (tertiary/aromatic N) is 1. The molecule has 0 atom stereocenters. The highest BCUT2D eigenvalue weighted by molar-refractivity contribution is 9.10. The van der Waals surface area contributed by atoms with Gasteiger partial charge in [-0.15, -0.1) is 11.6 Å². The Morgan fingerprint density at radius 1 is 1.47 bits per heavy atom. The van der Waals surface area contributed by atoms with Crippen molar-refractivity contribution in [3.05, 3.63) is 40.3 Å². The highest BCUT2D eigenvalue weighted by atomic mass is 79.9. The first-order chi connectivity index (χ1) is 7.20. The number of alkyl halides is 1. The number of aromatic amines is 1. The van der Waals surface area contributed by atoms with Gasteiger partial charge < -0.3 is 4.98 Å². The standard InChI is InChI=1S/C11H10BrClN2/c1-7-11(15-10(6-13)14-7)8-3-2-4-9(12)5-8/h2-5H,6H2,1H3,(H,14,15). The molecule has 0 spiro atoms. The molecule has 0 radical (unpaired) electrons. The van der Waals surface area contributed by atoms with Crippen LogP contribution in [0.3, 0.4) is 0 Å². The number of halogens is 2. The molecule has 2 rings (SSSR count). The van der Waals surface area contributed by atoms with Gasteiger partial charge in [-0.05, 0) is 19.1 Å². The molecule has 1 N–H and O–H groups in total. The molecule has 0 bridgehead atoms. The van der Waals surface area contributed by atoms with E-state index in [1.807, 2.05) is 31.2 Å². The number of hydrogen-bond donors (Lipinski definition) is 1. The molecule has 1 heterocycles. The van der Waals surface area contributed by atoms with Gasteiger partial charge in [-0.1, -0.05) is 28.1 Å². The Kier molecular flexibility index (Phi) is 3.12. The molecule has 4 heteroatoms. The van der Waals surface area contributed by atoms with Gasteiger partial charge in [0.1, 0.15) is 5.82 Å². The van der Waals surface area contributed by atoms with Crippen molar-refractivity contribution in [3.63, 3.8) is 0 Å². The molecule has 15 heavy (non-hydrogen) atoms. The Morgan fingerprint density at radius 3 is 2.87 bits per heavy atom. The van der Waals surface area contributed by atoms with Gasteiger partial charge in [-0.2, -0.15) is 0 Å². The van der Waals surface area contributed by atoms with Crippen molar-refractivity contribution in [1.82, 2.24) is 9.97 Å². The van der Waals surface area contributed by atoms with Gasteiger partial charge in [0.05, 0.1) is 11.6 Å². The second-order valence-electron chi connectivity index (χ2n) is 3.30. The summed E-state index contributed by atoms with van der Waals surface area (Å²) in [5, 5.41) is 0. The van der Waals surface area contributed by atoms with Gasteiger partial charge in [-0.25, -0.2) is 4.98 Å². The highest BCUT2D eigenvalue weighted by Crippen LogP contribution is 2.24. The lowest BCUT2D eigenvalue weighted by Gasteiger charge is -1.98. The van der Waals surface area contributed by atoms with Crippen molar-refractivity contribution >= 4 is 27.5 Å². The summed E-state index contributed by atoms with van der Waals surface area (Å²) < 4.78 is 1.05. The number of aryl methyl sites for hydroxylation is 1. The Hall–Kier alpha value is -0.800. The van der Waals surface area contributed by atoms with Crippen LogP contribution < -0.4 is 0 Å². The first-order valence-electron chi connectivity index (χ1n) is 4.58. The Labute approximate surface area is 102 Å². The zero-order valence-electron chi connectivity index (χ0n) is 8.22. The summed E-state index contributed by atoms with van der Waals surface area (Å²) in [5.74, 6) is 1.22. The minimum absolute atomic E-state index is 0.412. The van der Waals surface area contributed by atoms with Gasteiger partial charge in [0.2, 0.25) is 0 Å². The molecule has 0 amide bonds. The van der Waals surface area contributed by atoms with E-state index in [1.54, 1.807) is 0 Å². The number of rotatable bonds is 2. The van der Waals surface area contributed by atoms with Crippen molar-refractivity contribution in [2.75, 3.05) is 0 Å². The quantitative estimate of drug-likeness (QED) is 0.833. The van der Waals surface area contributed by atoms with E-state index in [-0.39, 0.29) is 0 Å². The summed E-state index contributed by atoms with van der Waals surface area (Å²) >= 11 is 9.17. The van der Waals surface area contributed by atoms with Crippen LogP contribution in [0.2, 0.25) is 0 Å².